The monoisotopic (exact) mass is 276 g/mol. The van der Waals surface area contributed by atoms with Crippen LogP contribution in [0.4, 0.5) is 0 Å². The van der Waals surface area contributed by atoms with Crippen LogP contribution in [-0.2, 0) is 11.3 Å². The molecule has 0 fully saturated rings. The van der Waals surface area contributed by atoms with E-state index in [1.165, 1.54) is 5.56 Å². The first kappa shape index (κ1) is 14.9. The smallest absolute Gasteiger partial charge is 0.146 e. The average Bonchev–Trinajstić information content (AvgIpc) is 2.83. The van der Waals surface area contributed by atoms with Crippen LogP contribution in [0.5, 0.6) is 5.75 Å². The van der Waals surface area contributed by atoms with Crippen molar-refractivity contribution in [3.63, 3.8) is 0 Å². The molecule has 0 aliphatic carbocycles. The lowest BCUT2D eigenvalue weighted by atomic mass is 10.1. The maximum Gasteiger partial charge on any atom is 0.146 e. The number of unbranched alkanes of at least 4 members (excludes halogenated alkanes) is 1. The van der Waals surface area contributed by atoms with Gasteiger partial charge in [0.1, 0.15) is 11.3 Å². The highest BCUT2D eigenvalue weighted by atomic mass is 16.5. The summed E-state index contributed by atoms with van der Waals surface area (Å²) in [6, 6.07) is 1.93. The highest BCUT2D eigenvalue weighted by Gasteiger charge is 2.15. The lowest BCUT2D eigenvalue weighted by Gasteiger charge is -2.08. The molecule has 2 heterocycles. The molecular weight excluding hydrogens is 252 g/mol. The number of methoxy groups -OCH3 is 2. The summed E-state index contributed by atoms with van der Waals surface area (Å²) < 4.78 is 12.9. The van der Waals surface area contributed by atoms with Crippen molar-refractivity contribution in [1.29, 1.82) is 0 Å². The Balaban J connectivity index is 2.36. The van der Waals surface area contributed by atoms with Crippen LogP contribution < -0.4 is 4.74 Å². The Morgan fingerprint density at radius 1 is 1.25 bits per heavy atom. The SMILES string of the molecule is COCCCCn1cc(C(C)C)c2nccc(OC)c21. The van der Waals surface area contributed by atoms with Crippen LogP contribution in [0.1, 0.15) is 38.2 Å². The molecule has 4 nitrogen and oxygen atoms in total. The van der Waals surface area contributed by atoms with Crippen molar-refractivity contribution < 1.29 is 9.47 Å². The number of ether oxygens (including phenoxy) is 2. The molecule has 2 rings (SSSR count). The second kappa shape index (κ2) is 6.75. The number of hydrogen-bond acceptors (Lipinski definition) is 3. The molecule has 0 N–H and O–H groups in total. The van der Waals surface area contributed by atoms with Crippen LogP contribution in [0.25, 0.3) is 11.0 Å². The maximum atomic E-state index is 5.50. The lowest BCUT2D eigenvalue weighted by molar-refractivity contribution is 0.191. The molecule has 2 aromatic rings. The first-order valence-corrected chi connectivity index (χ1v) is 7.19. The average molecular weight is 276 g/mol. The van der Waals surface area contributed by atoms with Crippen LogP contribution in [0.15, 0.2) is 18.5 Å². The summed E-state index contributed by atoms with van der Waals surface area (Å²) in [5.74, 6) is 1.35. The minimum atomic E-state index is 0.456. The predicted octanol–water partition coefficient (Wildman–Crippen LogP) is 3.59. The van der Waals surface area contributed by atoms with Gasteiger partial charge in [0.25, 0.3) is 0 Å². The highest BCUT2D eigenvalue weighted by molar-refractivity contribution is 5.85. The zero-order valence-corrected chi connectivity index (χ0v) is 12.8. The van der Waals surface area contributed by atoms with Gasteiger partial charge in [-0.3, -0.25) is 4.98 Å². The topological polar surface area (TPSA) is 36.3 Å². The zero-order chi connectivity index (χ0) is 14.5. The Kier molecular flexibility index (Phi) is 5.01. The number of nitrogens with zero attached hydrogens (tertiary/aromatic N) is 2. The summed E-state index contributed by atoms with van der Waals surface area (Å²) in [5, 5.41) is 0. The first-order valence-electron chi connectivity index (χ1n) is 7.19. The molecule has 0 radical (unpaired) electrons. The van der Waals surface area contributed by atoms with Crippen molar-refractivity contribution in [3.8, 4) is 5.75 Å². The molecular formula is C16H24N2O2. The Morgan fingerprint density at radius 2 is 2.05 bits per heavy atom. The van der Waals surface area contributed by atoms with Gasteiger partial charge in [0, 0.05) is 38.7 Å². The Bertz CT molecular complexity index is 561. The number of aryl methyl sites for hydroxylation is 1. The number of aromatic nitrogens is 2. The molecule has 0 bridgehead atoms. The van der Waals surface area contributed by atoms with Crippen molar-refractivity contribution in [1.82, 2.24) is 9.55 Å². The minimum Gasteiger partial charge on any atom is -0.494 e. The van der Waals surface area contributed by atoms with Gasteiger partial charge in [-0.15, -0.1) is 0 Å². The fourth-order valence-electron chi connectivity index (χ4n) is 2.51. The Hall–Kier alpha value is -1.55. The molecule has 0 spiro atoms. The van der Waals surface area contributed by atoms with Gasteiger partial charge in [-0.25, -0.2) is 0 Å². The van der Waals surface area contributed by atoms with Crippen molar-refractivity contribution in [2.24, 2.45) is 0 Å². The third-order valence-electron chi connectivity index (χ3n) is 3.58. The van der Waals surface area contributed by atoms with Crippen LogP contribution >= 0.6 is 0 Å². The molecule has 0 aliphatic rings. The van der Waals surface area contributed by atoms with Crippen molar-refractivity contribution in [3.05, 3.63) is 24.0 Å². The summed E-state index contributed by atoms with van der Waals surface area (Å²) in [6.07, 6.45) is 6.20. The standard InChI is InChI=1S/C16H24N2O2/c1-12(2)13-11-18(9-5-6-10-19-3)16-14(20-4)7-8-17-15(13)16/h7-8,11-12H,5-6,9-10H2,1-4H3. The molecule has 0 saturated heterocycles. The Morgan fingerprint density at radius 3 is 2.70 bits per heavy atom. The van der Waals surface area contributed by atoms with Gasteiger partial charge in [-0.05, 0) is 24.3 Å². The summed E-state index contributed by atoms with van der Waals surface area (Å²) in [6.45, 7) is 6.18. The van der Waals surface area contributed by atoms with E-state index in [0.717, 1.165) is 42.8 Å². The van der Waals surface area contributed by atoms with E-state index in [9.17, 15) is 0 Å². The van der Waals surface area contributed by atoms with Crippen molar-refractivity contribution in [2.75, 3.05) is 20.8 Å². The number of hydrogen-bond donors (Lipinski definition) is 0. The van der Waals surface area contributed by atoms with Crippen molar-refractivity contribution in [2.45, 2.75) is 39.2 Å². The molecule has 0 aliphatic heterocycles. The van der Waals surface area contributed by atoms with E-state index in [1.54, 1.807) is 14.2 Å². The Labute approximate surface area is 120 Å². The first-order chi connectivity index (χ1) is 9.69. The molecule has 110 valence electrons. The van der Waals surface area contributed by atoms with Gasteiger partial charge >= 0.3 is 0 Å². The predicted molar refractivity (Wildman–Crippen MR) is 81.5 cm³/mol. The van der Waals surface area contributed by atoms with E-state index in [1.807, 2.05) is 12.3 Å². The normalized spacial score (nSPS) is 11.4. The molecule has 4 heteroatoms. The second-order valence-electron chi connectivity index (χ2n) is 5.34. The van der Waals surface area contributed by atoms with E-state index in [-0.39, 0.29) is 0 Å². The summed E-state index contributed by atoms with van der Waals surface area (Å²) in [5.41, 5.74) is 3.45. The van der Waals surface area contributed by atoms with E-state index >= 15 is 0 Å². The number of fused-ring (bicyclic) bond motifs is 1. The van der Waals surface area contributed by atoms with E-state index < -0.39 is 0 Å². The largest absolute Gasteiger partial charge is 0.494 e. The molecule has 20 heavy (non-hydrogen) atoms. The fraction of sp³-hybridized carbons (Fsp3) is 0.562. The maximum absolute atomic E-state index is 5.50. The van der Waals surface area contributed by atoms with Crippen LogP contribution in [0, 0.1) is 0 Å². The summed E-state index contributed by atoms with van der Waals surface area (Å²) in [4.78, 5) is 4.55. The lowest BCUT2D eigenvalue weighted by Crippen LogP contribution is -2.00. The van der Waals surface area contributed by atoms with Crippen LogP contribution in [0.2, 0.25) is 0 Å². The van der Waals surface area contributed by atoms with Crippen molar-refractivity contribution >= 4 is 11.0 Å². The third-order valence-corrected chi connectivity index (χ3v) is 3.58. The van der Waals surface area contributed by atoms with E-state index in [4.69, 9.17) is 9.47 Å². The van der Waals surface area contributed by atoms with Gasteiger partial charge < -0.3 is 14.0 Å². The molecule has 2 aromatic heterocycles. The zero-order valence-electron chi connectivity index (χ0n) is 12.8. The second-order valence-corrected chi connectivity index (χ2v) is 5.34. The van der Waals surface area contributed by atoms with Gasteiger partial charge in [0.05, 0.1) is 12.6 Å². The van der Waals surface area contributed by atoms with Crippen LogP contribution in [-0.4, -0.2) is 30.4 Å². The molecule has 0 saturated carbocycles. The van der Waals surface area contributed by atoms with Gasteiger partial charge in [-0.2, -0.15) is 0 Å². The molecule has 0 atom stereocenters. The summed E-state index contributed by atoms with van der Waals surface area (Å²) in [7, 11) is 3.46. The number of rotatable bonds is 7. The fourth-order valence-corrected chi connectivity index (χ4v) is 2.51. The minimum absolute atomic E-state index is 0.456. The third kappa shape index (κ3) is 2.96. The molecule has 0 amide bonds. The van der Waals surface area contributed by atoms with Gasteiger partial charge in [-0.1, -0.05) is 13.8 Å². The van der Waals surface area contributed by atoms with Gasteiger partial charge in [0.15, 0.2) is 0 Å². The molecule has 0 aromatic carbocycles. The van der Waals surface area contributed by atoms with Crippen LogP contribution in [0.3, 0.4) is 0 Å². The highest BCUT2D eigenvalue weighted by Crippen LogP contribution is 2.31. The van der Waals surface area contributed by atoms with Gasteiger partial charge in [0.2, 0.25) is 0 Å². The quantitative estimate of drug-likeness (QED) is 0.725. The molecule has 0 unspecified atom stereocenters. The summed E-state index contributed by atoms with van der Waals surface area (Å²) >= 11 is 0. The van der Waals surface area contributed by atoms with E-state index in [2.05, 4.69) is 29.6 Å². The number of pyridine rings is 1. The van der Waals surface area contributed by atoms with E-state index in [0.29, 0.717) is 5.92 Å².